The van der Waals surface area contributed by atoms with Crippen LogP contribution in [0.1, 0.15) is 11.1 Å². The number of methoxy groups -OCH3 is 1. The summed E-state index contributed by atoms with van der Waals surface area (Å²) in [5.74, 6) is 1.73. The number of pyridine rings is 1. The minimum atomic E-state index is 0.687. The maximum absolute atomic E-state index is 5.68. The number of ether oxygens (including phenoxy) is 1. The van der Waals surface area contributed by atoms with Crippen molar-refractivity contribution in [3.8, 4) is 5.75 Å². The molecule has 2 rings (SSSR count). The van der Waals surface area contributed by atoms with E-state index in [4.69, 9.17) is 10.5 Å². The van der Waals surface area contributed by atoms with Crippen molar-refractivity contribution in [2.45, 2.75) is 13.3 Å². The lowest BCUT2D eigenvalue weighted by atomic mass is 10.1. The molecule has 0 atom stereocenters. The number of hydrogen-bond donors (Lipinski definition) is 2. The van der Waals surface area contributed by atoms with Gasteiger partial charge in [0.25, 0.3) is 0 Å². The number of aromatic nitrogens is 1. The van der Waals surface area contributed by atoms with Gasteiger partial charge in [0.15, 0.2) is 0 Å². The number of halogens is 1. The molecule has 4 nitrogen and oxygen atoms in total. The summed E-state index contributed by atoms with van der Waals surface area (Å²) in [7, 11) is 1.66. The highest BCUT2D eigenvalue weighted by Gasteiger charge is 2.03. The monoisotopic (exact) mass is 335 g/mol. The zero-order valence-corrected chi connectivity index (χ0v) is 13.2. The summed E-state index contributed by atoms with van der Waals surface area (Å²) in [5.41, 5.74) is 8.66. The van der Waals surface area contributed by atoms with Crippen LogP contribution in [0, 0.1) is 6.92 Å². The Morgan fingerprint density at radius 2 is 2.15 bits per heavy atom. The zero-order valence-electron chi connectivity index (χ0n) is 11.6. The highest BCUT2D eigenvalue weighted by Crippen LogP contribution is 2.25. The Kier molecular flexibility index (Phi) is 4.84. The van der Waals surface area contributed by atoms with E-state index in [-0.39, 0.29) is 0 Å². The summed E-state index contributed by atoms with van der Waals surface area (Å²) in [6, 6.07) is 8.02. The first-order chi connectivity index (χ1) is 9.60. The van der Waals surface area contributed by atoms with Gasteiger partial charge in [-0.1, -0.05) is 6.07 Å². The molecule has 1 aromatic carbocycles. The average molecular weight is 336 g/mol. The predicted molar refractivity (Wildman–Crippen MR) is 86.3 cm³/mol. The van der Waals surface area contributed by atoms with Crippen LogP contribution in [-0.2, 0) is 6.42 Å². The topological polar surface area (TPSA) is 60.2 Å². The lowest BCUT2D eigenvalue weighted by Crippen LogP contribution is -2.08. The lowest BCUT2D eigenvalue weighted by molar-refractivity contribution is 0.412. The van der Waals surface area contributed by atoms with E-state index in [1.165, 1.54) is 5.56 Å². The second-order valence-corrected chi connectivity index (χ2v) is 5.43. The molecule has 5 heteroatoms. The standard InChI is InChI=1S/C15H18BrN3O/c1-10-7-12(17)9-19-15(10)18-6-5-11-3-4-14(20-2)13(16)8-11/h3-4,7-9H,5-6,17H2,1-2H3,(H,18,19). The van der Waals surface area contributed by atoms with Crippen molar-refractivity contribution in [3.63, 3.8) is 0 Å². The Morgan fingerprint density at radius 1 is 1.35 bits per heavy atom. The van der Waals surface area contributed by atoms with Crippen molar-refractivity contribution >= 4 is 27.4 Å². The van der Waals surface area contributed by atoms with E-state index in [9.17, 15) is 0 Å². The lowest BCUT2D eigenvalue weighted by Gasteiger charge is -2.10. The second-order valence-electron chi connectivity index (χ2n) is 4.58. The molecule has 0 bridgehead atoms. The molecule has 0 radical (unpaired) electrons. The summed E-state index contributed by atoms with van der Waals surface area (Å²) in [5, 5.41) is 3.32. The molecule has 0 aliphatic carbocycles. The fourth-order valence-electron chi connectivity index (χ4n) is 1.97. The van der Waals surface area contributed by atoms with Crippen LogP contribution < -0.4 is 15.8 Å². The van der Waals surface area contributed by atoms with Crippen LogP contribution in [0.25, 0.3) is 0 Å². The van der Waals surface area contributed by atoms with Crippen LogP contribution in [0.5, 0.6) is 5.75 Å². The third-order valence-electron chi connectivity index (χ3n) is 3.02. The number of nitrogens with two attached hydrogens (primary N) is 1. The second kappa shape index (κ2) is 6.61. The molecule has 2 aromatic rings. The summed E-state index contributed by atoms with van der Waals surface area (Å²) in [6.07, 6.45) is 2.58. The minimum Gasteiger partial charge on any atom is -0.496 e. The van der Waals surface area contributed by atoms with Crippen LogP contribution in [-0.4, -0.2) is 18.6 Å². The Bertz CT molecular complexity index is 602. The molecule has 106 valence electrons. The Balaban J connectivity index is 1.94. The van der Waals surface area contributed by atoms with E-state index in [1.54, 1.807) is 13.3 Å². The Labute approximate surface area is 127 Å². The maximum Gasteiger partial charge on any atom is 0.133 e. The predicted octanol–water partition coefficient (Wildman–Crippen LogP) is 3.40. The van der Waals surface area contributed by atoms with Gasteiger partial charge >= 0.3 is 0 Å². The number of benzene rings is 1. The molecule has 3 N–H and O–H groups in total. The van der Waals surface area contributed by atoms with Gasteiger partial charge in [0.1, 0.15) is 11.6 Å². The molecular formula is C15H18BrN3O. The molecule has 0 aliphatic heterocycles. The van der Waals surface area contributed by atoms with Gasteiger partial charge in [-0.25, -0.2) is 4.98 Å². The molecule has 0 aliphatic rings. The van der Waals surface area contributed by atoms with Crippen molar-refractivity contribution in [2.24, 2.45) is 0 Å². The van der Waals surface area contributed by atoms with E-state index >= 15 is 0 Å². The van der Waals surface area contributed by atoms with Crippen molar-refractivity contribution < 1.29 is 4.74 Å². The number of aryl methyl sites for hydroxylation is 1. The van der Waals surface area contributed by atoms with Gasteiger partial charge in [0, 0.05) is 6.54 Å². The maximum atomic E-state index is 5.68. The van der Waals surface area contributed by atoms with E-state index in [0.29, 0.717) is 5.69 Å². The van der Waals surface area contributed by atoms with E-state index in [0.717, 1.165) is 34.6 Å². The first-order valence-corrected chi connectivity index (χ1v) is 7.18. The van der Waals surface area contributed by atoms with E-state index < -0.39 is 0 Å². The number of nitrogens with zero attached hydrogens (tertiary/aromatic N) is 1. The summed E-state index contributed by atoms with van der Waals surface area (Å²) in [4.78, 5) is 4.29. The normalized spacial score (nSPS) is 10.3. The fourth-order valence-corrected chi connectivity index (χ4v) is 2.56. The average Bonchev–Trinajstić information content (AvgIpc) is 2.41. The van der Waals surface area contributed by atoms with Crippen molar-refractivity contribution in [2.75, 3.05) is 24.7 Å². The summed E-state index contributed by atoms with van der Waals surface area (Å²) < 4.78 is 6.19. The molecule has 20 heavy (non-hydrogen) atoms. The quantitative estimate of drug-likeness (QED) is 0.879. The molecule has 0 amide bonds. The van der Waals surface area contributed by atoms with Crippen LogP contribution in [0.2, 0.25) is 0 Å². The molecule has 0 saturated carbocycles. The number of rotatable bonds is 5. The Morgan fingerprint density at radius 3 is 2.80 bits per heavy atom. The van der Waals surface area contributed by atoms with Gasteiger partial charge in [0.2, 0.25) is 0 Å². The molecule has 1 aromatic heterocycles. The molecule has 1 heterocycles. The van der Waals surface area contributed by atoms with Crippen LogP contribution in [0.4, 0.5) is 11.5 Å². The van der Waals surface area contributed by atoms with E-state index in [2.05, 4.69) is 38.4 Å². The van der Waals surface area contributed by atoms with Crippen molar-refractivity contribution in [1.82, 2.24) is 4.98 Å². The SMILES string of the molecule is COc1ccc(CCNc2ncc(N)cc2C)cc1Br. The van der Waals surface area contributed by atoms with Crippen LogP contribution in [0.3, 0.4) is 0 Å². The summed E-state index contributed by atoms with van der Waals surface area (Å²) in [6.45, 7) is 2.81. The van der Waals surface area contributed by atoms with E-state index in [1.807, 2.05) is 19.1 Å². The van der Waals surface area contributed by atoms with Gasteiger partial charge in [-0.05, 0) is 58.6 Å². The first-order valence-electron chi connectivity index (χ1n) is 6.38. The molecule has 0 fully saturated rings. The molecule has 0 unspecified atom stereocenters. The smallest absolute Gasteiger partial charge is 0.133 e. The largest absolute Gasteiger partial charge is 0.496 e. The molecule has 0 saturated heterocycles. The first kappa shape index (κ1) is 14.7. The third kappa shape index (κ3) is 3.63. The highest BCUT2D eigenvalue weighted by molar-refractivity contribution is 9.10. The molecule has 0 spiro atoms. The highest BCUT2D eigenvalue weighted by atomic mass is 79.9. The fraction of sp³-hybridized carbons (Fsp3) is 0.267. The van der Waals surface area contributed by atoms with Crippen molar-refractivity contribution in [3.05, 3.63) is 46.1 Å². The summed E-state index contributed by atoms with van der Waals surface area (Å²) >= 11 is 3.49. The van der Waals surface area contributed by atoms with Crippen LogP contribution >= 0.6 is 15.9 Å². The zero-order chi connectivity index (χ0) is 14.5. The van der Waals surface area contributed by atoms with Crippen molar-refractivity contribution in [1.29, 1.82) is 0 Å². The molecular weight excluding hydrogens is 318 g/mol. The number of hydrogen-bond acceptors (Lipinski definition) is 4. The van der Waals surface area contributed by atoms with Gasteiger partial charge in [-0.3, -0.25) is 0 Å². The van der Waals surface area contributed by atoms with Gasteiger partial charge < -0.3 is 15.8 Å². The van der Waals surface area contributed by atoms with Gasteiger partial charge in [0.05, 0.1) is 23.5 Å². The van der Waals surface area contributed by atoms with Gasteiger partial charge in [-0.2, -0.15) is 0 Å². The number of nitrogen functional groups attached to an aromatic ring is 1. The van der Waals surface area contributed by atoms with Crippen LogP contribution in [0.15, 0.2) is 34.9 Å². The third-order valence-corrected chi connectivity index (χ3v) is 3.64. The number of nitrogens with one attached hydrogen (secondary N) is 1. The number of anilines is 2. The van der Waals surface area contributed by atoms with Gasteiger partial charge in [-0.15, -0.1) is 0 Å². The Hall–Kier alpha value is -1.75. The minimum absolute atomic E-state index is 0.687.